The van der Waals surface area contributed by atoms with Gasteiger partial charge < -0.3 is 0 Å². The number of rotatable bonds is 6. The Labute approximate surface area is 90.3 Å². The van der Waals surface area contributed by atoms with Crippen molar-refractivity contribution >= 4 is 45.5 Å². The van der Waals surface area contributed by atoms with E-state index in [1.165, 1.54) is 13.8 Å². The Morgan fingerprint density at radius 3 is 1.54 bits per heavy atom. The third-order valence-electron chi connectivity index (χ3n) is 1.69. The second kappa shape index (κ2) is 6.25. The van der Waals surface area contributed by atoms with Crippen LogP contribution in [0, 0.1) is 0 Å². The number of ketones is 2. The normalized spacial score (nSPS) is 11.4. The fourth-order valence-electron chi connectivity index (χ4n) is 0.843. The van der Waals surface area contributed by atoms with Gasteiger partial charge in [-0.3, -0.25) is 0 Å². The van der Waals surface area contributed by atoms with Crippen molar-refractivity contribution in [3.63, 3.8) is 0 Å². The van der Waals surface area contributed by atoms with Crippen LogP contribution in [0.15, 0.2) is 0 Å². The van der Waals surface area contributed by atoms with Crippen molar-refractivity contribution in [3.05, 3.63) is 0 Å². The molecule has 0 spiro atoms. The second-order valence-electron chi connectivity index (χ2n) is 3.26. The first-order chi connectivity index (χ1) is 5.83. The zero-order valence-corrected chi connectivity index (χ0v) is 12.3. The van der Waals surface area contributed by atoms with Gasteiger partial charge in [-0.05, 0) is 0 Å². The first-order valence-electron chi connectivity index (χ1n) is 4.20. The van der Waals surface area contributed by atoms with E-state index in [1.807, 2.05) is 0 Å². The second-order valence-corrected chi connectivity index (χ2v) is 22.0. The number of hydrogen-bond donors (Lipinski definition) is 0. The van der Waals surface area contributed by atoms with Gasteiger partial charge in [0.2, 0.25) is 0 Å². The van der Waals surface area contributed by atoms with E-state index in [9.17, 15) is 9.59 Å². The molecule has 13 heavy (non-hydrogen) atoms. The molecule has 0 atom stereocenters. The standard InChI is InChI=1S/2C4H7O.2ClH.Sn/c2*1-3-4(2)5;;;/h2*1,3H2,2H3;2*1H;/q;;;;+2/p-2. The molecule has 0 saturated carbocycles. The Bertz CT molecular complexity index is 184. The van der Waals surface area contributed by atoms with Crippen LogP contribution in [0.3, 0.4) is 0 Å². The van der Waals surface area contributed by atoms with Crippen LogP contribution in [0.5, 0.6) is 0 Å². The van der Waals surface area contributed by atoms with Crippen LogP contribution in [0.1, 0.15) is 26.7 Å². The van der Waals surface area contributed by atoms with Crippen molar-refractivity contribution in [1.82, 2.24) is 0 Å². The summed E-state index contributed by atoms with van der Waals surface area (Å²) in [7, 11) is 12.2. The first kappa shape index (κ1) is 13.7. The summed E-state index contributed by atoms with van der Waals surface area (Å²) in [5.41, 5.74) is 0. The van der Waals surface area contributed by atoms with E-state index in [4.69, 9.17) is 17.8 Å². The Morgan fingerprint density at radius 1 is 1.00 bits per heavy atom. The summed E-state index contributed by atoms with van der Waals surface area (Å²) in [6.07, 6.45) is 0.919. The van der Waals surface area contributed by atoms with Crippen molar-refractivity contribution < 1.29 is 9.59 Å². The molecule has 0 radical (unpaired) electrons. The fraction of sp³-hybridized carbons (Fsp3) is 0.750. The van der Waals surface area contributed by atoms with E-state index in [-0.39, 0.29) is 11.6 Å². The van der Waals surface area contributed by atoms with Crippen molar-refractivity contribution in [2.75, 3.05) is 0 Å². The summed E-state index contributed by atoms with van der Waals surface area (Å²) in [6, 6.07) is 0. The van der Waals surface area contributed by atoms with Gasteiger partial charge in [0.15, 0.2) is 0 Å². The van der Waals surface area contributed by atoms with E-state index in [2.05, 4.69) is 0 Å². The quantitative estimate of drug-likeness (QED) is 0.701. The van der Waals surface area contributed by atoms with Gasteiger partial charge >= 0.3 is 90.7 Å². The zero-order chi connectivity index (χ0) is 10.5. The summed E-state index contributed by atoms with van der Waals surface area (Å²) < 4.78 is 1.25. The molecule has 0 aromatic carbocycles. The van der Waals surface area contributed by atoms with Crippen LogP contribution < -0.4 is 0 Å². The van der Waals surface area contributed by atoms with Crippen LogP contribution in [-0.2, 0) is 9.59 Å². The van der Waals surface area contributed by atoms with Crippen molar-refractivity contribution in [3.8, 4) is 0 Å². The molecule has 0 heterocycles. The van der Waals surface area contributed by atoms with Crippen molar-refractivity contribution in [1.29, 1.82) is 0 Å². The van der Waals surface area contributed by atoms with Crippen LogP contribution in [0.2, 0.25) is 8.87 Å². The molecule has 0 saturated heterocycles. The topological polar surface area (TPSA) is 34.1 Å². The third-order valence-corrected chi connectivity index (χ3v) is 12.4. The summed E-state index contributed by atoms with van der Waals surface area (Å²) in [4.78, 5) is 21.4. The molecule has 5 heteroatoms. The molecule has 2 nitrogen and oxygen atoms in total. The van der Waals surface area contributed by atoms with E-state index in [0.717, 1.165) is 0 Å². The minimum atomic E-state index is -3.04. The molecule has 0 aliphatic rings. The molecule has 0 rings (SSSR count). The fourth-order valence-corrected chi connectivity index (χ4v) is 8.19. The summed E-state index contributed by atoms with van der Waals surface area (Å²) >= 11 is -3.04. The van der Waals surface area contributed by atoms with Crippen molar-refractivity contribution in [2.45, 2.75) is 35.6 Å². The van der Waals surface area contributed by atoms with Gasteiger partial charge in [-0.15, -0.1) is 0 Å². The Balaban J connectivity index is 3.79. The summed E-state index contributed by atoms with van der Waals surface area (Å²) in [6.45, 7) is 3.06. The molecule has 0 unspecified atom stereocenters. The molecule has 0 amide bonds. The van der Waals surface area contributed by atoms with Crippen LogP contribution in [0.25, 0.3) is 0 Å². The molecule has 0 aromatic heterocycles. The average Bonchev–Trinajstić information content (AvgIpc) is 1.98. The van der Waals surface area contributed by atoms with Gasteiger partial charge in [0.05, 0.1) is 0 Å². The molecule has 76 valence electrons. The average molecular weight is 332 g/mol. The molecule has 0 aromatic rings. The van der Waals surface area contributed by atoms with Gasteiger partial charge in [-0.25, -0.2) is 0 Å². The molecule has 0 fully saturated rings. The SMILES string of the molecule is CC(=O)C[CH2][Sn]([Cl])([Cl])[CH2]CC(C)=O. The predicted molar refractivity (Wildman–Crippen MR) is 57.7 cm³/mol. The maximum absolute atomic E-state index is 10.7. The van der Waals surface area contributed by atoms with Gasteiger partial charge in [0.1, 0.15) is 0 Å². The molecule has 0 aliphatic heterocycles. The van der Waals surface area contributed by atoms with Crippen LogP contribution >= 0.6 is 17.8 Å². The van der Waals surface area contributed by atoms with E-state index in [1.54, 1.807) is 0 Å². The first-order valence-corrected chi connectivity index (χ1v) is 15.5. The number of halogens is 2. The summed E-state index contributed by atoms with van der Waals surface area (Å²) in [5.74, 6) is 0.232. The Kier molecular flexibility index (Phi) is 6.59. The monoisotopic (exact) mass is 332 g/mol. The number of carbonyl (C=O) groups is 2. The summed E-state index contributed by atoms with van der Waals surface area (Å²) in [5, 5.41) is 0. The predicted octanol–water partition coefficient (Wildman–Crippen LogP) is 2.86. The van der Waals surface area contributed by atoms with Gasteiger partial charge in [0, 0.05) is 0 Å². The van der Waals surface area contributed by atoms with Crippen molar-refractivity contribution in [2.24, 2.45) is 0 Å². The molecule has 0 N–H and O–H groups in total. The van der Waals surface area contributed by atoms with Gasteiger partial charge in [-0.1, -0.05) is 0 Å². The zero-order valence-electron chi connectivity index (χ0n) is 7.90. The molecular weight excluding hydrogens is 318 g/mol. The van der Waals surface area contributed by atoms with Crippen LogP contribution in [0.4, 0.5) is 0 Å². The number of hydrogen-bond acceptors (Lipinski definition) is 2. The molecular formula is C8H14Cl2O2Sn. The molecule has 0 aliphatic carbocycles. The maximum atomic E-state index is 10.7. The van der Waals surface area contributed by atoms with E-state index < -0.39 is 16.1 Å². The van der Waals surface area contributed by atoms with Gasteiger partial charge in [0.25, 0.3) is 0 Å². The van der Waals surface area contributed by atoms with Crippen LogP contribution in [-0.4, -0.2) is 27.7 Å². The van der Waals surface area contributed by atoms with Gasteiger partial charge in [-0.2, -0.15) is 0 Å². The number of Topliss-reactive ketones (excluding diaryl/α,β-unsaturated/α-hetero) is 2. The molecule has 0 bridgehead atoms. The minimum absolute atomic E-state index is 0.116. The van der Waals surface area contributed by atoms with E-state index >= 15 is 0 Å². The number of carbonyl (C=O) groups excluding carboxylic acids is 2. The van der Waals surface area contributed by atoms with E-state index in [0.29, 0.717) is 21.7 Å². The Hall–Kier alpha value is 0.719. The third kappa shape index (κ3) is 9.03. The Morgan fingerprint density at radius 2 is 1.31 bits per heavy atom.